The Morgan fingerprint density at radius 3 is 2.74 bits per heavy atom. The Kier molecular flexibility index (Phi) is 4.47. The van der Waals surface area contributed by atoms with Gasteiger partial charge < -0.3 is 10.1 Å². The van der Waals surface area contributed by atoms with Crippen molar-refractivity contribution in [3.63, 3.8) is 0 Å². The smallest absolute Gasteiger partial charge is 0.129 e. The van der Waals surface area contributed by atoms with Gasteiger partial charge in [0.05, 0.1) is 11.9 Å². The molecule has 1 aromatic carbocycles. The predicted molar refractivity (Wildman–Crippen MR) is 70.5 cm³/mol. The highest BCUT2D eigenvalue weighted by atomic mass is 19.1. The molecular weight excluding hydrogens is 250 g/mol. The fourth-order valence-corrected chi connectivity index (χ4v) is 2.15. The van der Waals surface area contributed by atoms with Gasteiger partial charge in [-0.25, -0.2) is 8.78 Å². The largest absolute Gasteiger partial charge is 0.380 e. The maximum absolute atomic E-state index is 13.7. The van der Waals surface area contributed by atoms with E-state index < -0.39 is 11.6 Å². The summed E-state index contributed by atoms with van der Waals surface area (Å²) in [5.41, 5.74) is 0.142. The van der Waals surface area contributed by atoms with Gasteiger partial charge in [-0.3, -0.25) is 4.99 Å². The average Bonchev–Trinajstić information content (AvgIpc) is 2.84. The number of aliphatic imine (C=N–C) groups is 1. The Morgan fingerprint density at radius 1 is 1.42 bits per heavy atom. The minimum absolute atomic E-state index is 0.0759. The Bertz CT molecular complexity index is 456. The molecule has 0 aliphatic carbocycles. The molecule has 5 heteroatoms. The lowest BCUT2D eigenvalue weighted by Gasteiger charge is -2.13. The lowest BCUT2D eigenvalue weighted by Crippen LogP contribution is -2.30. The van der Waals surface area contributed by atoms with Crippen LogP contribution in [0.25, 0.3) is 0 Å². The standard InChI is InChI=1S/C14H18F2N2O/c1-9(19-2)7-17-13-6-10(8-18-13)14-11(15)4-3-5-12(14)16/h3-5,9-10H,6-8H2,1-2H3,(H,17,18). The highest BCUT2D eigenvalue weighted by molar-refractivity contribution is 5.84. The van der Waals surface area contributed by atoms with E-state index >= 15 is 0 Å². The van der Waals surface area contributed by atoms with Crippen molar-refractivity contribution >= 4 is 5.84 Å². The Morgan fingerprint density at radius 2 is 2.11 bits per heavy atom. The lowest BCUT2D eigenvalue weighted by atomic mass is 9.96. The third-order valence-electron chi connectivity index (χ3n) is 3.35. The minimum Gasteiger partial charge on any atom is -0.380 e. The first-order valence-electron chi connectivity index (χ1n) is 6.35. The Hall–Kier alpha value is -1.49. The van der Waals surface area contributed by atoms with Crippen molar-refractivity contribution in [1.29, 1.82) is 0 Å². The third kappa shape index (κ3) is 3.29. The number of hydrogen-bond acceptors (Lipinski definition) is 3. The molecule has 0 bridgehead atoms. The number of hydrogen-bond donors (Lipinski definition) is 1. The lowest BCUT2D eigenvalue weighted by molar-refractivity contribution is 0.121. The molecular formula is C14H18F2N2O. The summed E-state index contributed by atoms with van der Waals surface area (Å²) < 4.78 is 32.5. The molecule has 3 nitrogen and oxygen atoms in total. The second-order valence-electron chi connectivity index (χ2n) is 4.75. The molecule has 2 rings (SSSR count). The molecule has 1 aliphatic heterocycles. The van der Waals surface area contributed by atoms with E-state index in [0.717, 1.165) is 5.84 Å². The highest BCUT2D eigenvalue weighted by Crippen LogP contribution is 2.29. The monoisotopic (exact) mass is 268 g/mol. The molecule has 19 heavy (non-hydrogen) atoms. The fraction of sp³-hybridized carbons (Fsp3) is 0.500. The molecule has 2 unspecified atom stereocenters. The van der Waals surface area contributed by atoms with Crippen LogP contribution in [0.3, 0.4) is 0 Å². The van der Waals surface area contributed by atoms with E-state index in [2.05, 4.69) is 10.3 Å². The molecule has 0 aromatic heterocycles. The van der Waals surface area contributed by atoms with Gasteiger partial charge in [-0.15, -0.1) is 0 Å². The molecule has 2 atom stereocenters. The summed E-state index contributed by atoms with van der Waals surface area (Å²) >= 11 is 0. The Balaban J connectivity index is 1.97. The summed E-state index contributed by atoms with van der Waals surface area (Å²) in [6, 6.07) is 3.96. The van der Waals surface area contributed by atoms with Gasteiger partial charge >= 0.3 is 0 Å². The number of ether oxygens (including phenoxy) is 1. The molecule has 0 amide bonds. The number of methoxy groups -OCH3 is 1. The van der Waals surface area contributed by atoms with Gasteiger partial charge in [0.25, 0.3) is 0 Å². The summed E-state index contributed by atoms with van der Waals surface area (Å²) in [5, 5.41) is 3.15. The molecule has 0 spiro atoms. The number of halogens is 2. The van der Waals surface area contributed by atoms with Crippen LogP contribution in [0.2, 0.25) is 0 Å². The number of nitrogens with one attached hydrogen (secondary N) is 1. The highest BCUT2D eigenvalue weighted by Gasteiger charge is 2.25. The summed E-state index contributed by atoms with van der Waals surface area (Å²) in [4.78, 5) is 4.30. The second-order valence-corrected chi connectivity index (χ2v) is 4.75. The molecule has 0 saturated carbocycles. The minimum atomic E-state index is -0.494. The summed E-state index contributed by atoms with van der Waals surface area (Å²) in [5.74, 6) is -0.420. The Labute approximate surface area is 111 Å². The normalized spacial score (nSPS) is 20.2. The molecule has 1 aliphatic rings. The first-order valence-corrected chi connectivity index (χ1v) is 6.35. The van der Waals surface area contributed by atoms with Crippen LogP contribution in [0.5, 0.6) is 0 Å². The molecule has 0 radical (unpaired) electrons. The predicted octanol–water partition coefficient (Wildman–Crippen LogP) is 2.48. The first kappa shape index (κ1) is 13.9. The fourth-order valence-electron chi connectivity index (χ4n) is 2.15. The zero-order chi connectivity index (χ0) is 13.8. The van der Waals surface area contributed by atoms with Crippen molar-refractivity contribution in [2.24, 2.45) is 4.99 Å². The van der Waals surface area contributed by atoms with Crippen LogP contribution in [-0.4, -0.2) is 32.1 Å². The third-order valence-corrected chi connectivity index (χ3v) is 3.35. The van der Waals surface area contributed by atoms with Crippen LogP contribution in [0.1, 0.15) is 24.8 Å². The second kappa shape index (κ2) is 6.10. The number of amidine groups is 1. The molecule has 1 aromatic rings. The van der Waals surface area contributed by atoms with Crippen LogP contribution in [-0.2, 0) is 4.74 Å². The van der Waals surface area contributed by atoms with Crippen molar-refractivity contribution in [3.05, 3.63) is 35.4 Å². The van der Waals surface area contributed by atoms with Crippen molar-refractivity contribution in [1.82, 2.24) is 5.32 Å². The van der Waals surface area contributed by atoms with E-state index in [4.69, 9.17) is 4.74 Å². The molecule has 1 heterocycles. The van der Waals surface area contributed by atoms with Gasteiger partial charge in [-0.05, 0) is 19.1 Å². The number of rotatable bonds is 4. The zero-order valence-corrected chi connectivity index (χ0v) is 11.1. The number of benzene rings is 1. The maximum Gasteiger partial charge on any atom is 0.129 e. The summed E-state index contributed by atoms with van der Waals surface area (Å²) in [7, 11) is 1.64. The van der Waals surface area contributed by atoms with E-state index in [-0.39, 0.29) is 17.6 Å². The molecule has 0 saturated heterocycles. The van der Waals surface area contributed by atoms with Crippen LogP contribution in [0.4, 0.5) is 8.78 Å². The van der Waals surface area contributed by atoms with E-state index in [0.29, 0.717) is 19.5 Å². The van der Waals surface area contributed by atoms with Crippen molar-refractivity contribution in [2.75, 3.05) is 20.2 Å². The van der Waals surface area contributed by atoms with E-state index in [1.807, 2.05) is 6.92 Å². The van der Waals surface area contributed by atoms with E-state index in [1.54, 1.807) is 7.11 Å². The van der Waals surface area contributed by atoms with Crippen LogP contribution in [0.15, 0.2) is 23.2 Å². The summed E-state index contributed by atoms with van der Waals surface area (Å²) in [6.07, 6.45) is 0.612. The molecule has 0 fully saturated rings. The molecule has 104 valence electrons. The van der Waals surface area contributed by atoms with Gasteiger partial charge in [-0.2, -0.15) is 0 Å². The van der Waals surface area contributed by atoms with E-state index in [9.17, 15) is 8.78 Å². The van der Waals surface area contributed by atoms with Crippen molar-refractivity contribution in [2.45, 2.75) is 25.4 Å². The topological polar surface area (TPSA) is 33.6 Å². The SMILES string of the molecule is COC(C)CNC1=NCC(c2c(F)cccc2F)C1. The number of nitrogens with zero attached hydrogens (tertiary/aromatic N) is 1. The van der Waals surface area contributed by atoms with Gasteiger partial charge in [0.2, 0.25) is 0 Å². The van der Waals surface area contributed by atoms with Gasteiger partial charge in [0.1, 0.15) is 11.6 Å². The van der Waals surface area contributed by atoms with E-state index in [1.165, 1.54) is 18.2 Å². The quantitative estimate of drug-likeness (QED) is 0.910. The van der Waals surface area contributed by atoms with Crippen LogP contribution < -0.4 is 5.32 Å². The van der Waals surface area contributed by atoms with Gasteiger partial charge in [0.15, 0.2) is 0 Å². The van der Waals surface area contributed by atoms with Gasteiger partial charge in [0, 0.05) is 38.1 Å². The van der Waals surface area contributed by atoms with Crippen LogP contribution >= 0.6 is 0 Å². The van der Waals surface area contributed by atoms with Crippen LogP contribution in [0, 0.1) is 11.6 Å². The first-order chi connectivity index (χ1) is 9.11. The molecule has 1 N–H and O–H groups in total. The van der Waals surface area contributed by atoms with Crippen molar-refractivity contribution < 1.29 is 13.5 Å². The maximum atomic E-state index is 13.7. The van der Waals surface area contributed by atoms with Crippen molar-refractivity contribution in [3.8, 4) is 0 Å². The average molecular weight is 268 g/mol. The van der Waals surface area contributed by atoms with Gasteiger partial charge in [-0.1, -0.05) is 6.07 Å². The summed E-state index contributed by atoms with van der Waals surface area (Å²) in [6.45, 7) is 3.00. The zero-order valence-electron chi connectivity index (χ0n) is 11.1.